The van der Waals surface area contributed by atoms with E-state index in [9.17, 15) is 4.79 Å². The number of carbonyl (C=O) groups is 1. The minimum absolute atomic E-state index is 0.0738. The third-order valence-electron chi connectivity index (χ3n) is 5.05. The van der Waals surface area contributed by atoms with Crippen LogP contribution in [0.4, 0.5) is 0 Å². The first-order chi connectivity index (χ1) is 9.83. The molecule has 1 N–H and O–H groups in total. The van der Waals surface area contributed by atoms with Crippen LogP contribution in [-0.2, 0) is 14.3 Å². The van der Waals surface area contributed by atoms with Crippen molar-refractivity contribution in [2.24, 2.45) is 5.92 Å². The van der Waals surface area contributed by atoms with Crippen LogP contribution in [-0.4, -0.2) is 37.4 Å². The normalized spacial score (nSPS) is 34.1. The smallest absolute Gasteiger partial charge is 0.220 e. The molecule has 114 valence electrons. The Morgan fingerprint density at radius 1 is 1.10 bits per heavy atom. The zero-order valence-electron chi connectivity index (χ0n) is 12.3. The van der Waals surface area contributed by atoms with Gasteiger partial charge in [0.05, 0.1) is 18.8 Å². The molecule has 3 rings (SSSR count). The fraction of sp³-hybridized carbons (Fsp3) is 0.938. The Morgan fingerprint density at radius 3 is 2.80 bits per heavy atom. The summed E-state index contributed by atoms with van der Waals surface area (Å²) in [6, 6.07) is 0.0738. The Labute approximate surface area is 121 Å². The number of hydrogen-bond donors (Lipinski definition) is 1. The van der Waals surface area contributed by atoms with Crippen LogP contribution in [0.2, 0.25) is 0 Å². The molecule has 3 atom stereocenters. The van der Waals surface area contributed by atoms with Gasteiger partial charge in [-0.05, 0) is 25.2 Å². The molecule has 20 heavy (non-hydrogen) atoms. The molecular formula is C16H27NO3. The zero-order valence-corrected chi connectivity index (χ0v) is 12.3. The van der Waals surface area contributed by atoms with Crippen molar-refractivity contribution in [2.75, 3.05) is 13.2 Å². The molecule has 4 heteroatoms. The van der Waals surface area contributed by atoms with E-state index in [4.69, 9.17) is 9.47 Å². The second kappa shape index (κ2) is 6.90. The molecule has 0 spiro atoms. The number of ether oxygens (including phenoxy) is 2. The fourth-order valence-corrected chi connectivity index (χ4v) is 3.90. The second-order valence-electron chi connectivity index (χ2n) is 6.57. The molecule has 2 heterocycles. The van der Waals surface area contributed by atoms with Gasteiger partial charge in [-0.1, -0.05) is 32.1 Å². The molecule has 3 aliphatic rings. The molecular weight excluding hydrogens is 254 g/mol. The van der Waals surface area contributed by atoms with Crippen LogP contribution in [0.3, 0.4) is 0 Å². The van der Waals surface area contributed by atoms with Gasteiger partial charge in [0, 0.05) is 13.0 Å². The average molecular weight is 281 g/mol. The van der Waals surface area contributed by atoms with Crippen molar-refractivity contribution in [3.05, 3.63) is 0 Å². The maximum absolute atomic E-state index is 12.0. The standard InChI is InChI=1S/C16H27NO3/c18-15(8-4-7-12-5-2-1-3-6-12)17-13-11-20-14-9-10-19-16(13)14/h12-14,16H,1-11H2,(H,17,18)/t13-,14+,16+/m0/s1. The number of rotatable bonds is 5. The third-order valence-corrected chi connectivity index (χ3v) is 5.05. The van der Waals surface area contributed by atoms with Crippen LogP contribution in [0.1, 0.15) is 57.8 Å². The fourth-order valence-electron chi connectivity index (χ4n) is 3.90. The maximum atomic E-state index is 12.0. The van der Waals surface area contributed by atoms with Gasteiger partial charge in [0.1, 0.15) is 6.10 Å². The average Bonchev–Trinajstić information content (AvgIpc) is 3.05. The highest BCUT2D eigenvalue weighted by Gasteiger charge is 2.42. The zero-order chi connectivity index (χ0) is 13.8. The molecule has 0 aromatic carbocycles. The number of carbonyl (C=O) groups excluding carboxylic acids is 1. The van der Waals surface area contributed by atoms with Gasteiger partial charge in [-0.3, -0.25) is 4.79 Å². The van der Waals surface area contributed by atoms with Gasteiger partial charge in [0.2, 0.25) is 5.91 Å². The van der Waals surface area contributed by atoms with E-state index in [0.717, 1.165) is 25.4 Å². The molecule has 4 nitrogen and oxygen atoms in total. The van der Waals surface area contributed by atoms with Gasteiger partial charge in [-0.2, -0.15) is 0 Å². The summed E-state index contributed by atoms with van der Waals surface area (Å²) >= 11 is 0. The highest BCUT2D eigenvalue weighted by molar-refractivity contribution is 5.76. The molecule has 0 aromatic heterocycles. The van der Waals surface area contributed by atoms with E-state index in [1.165, 1.54) is 38.5 Å². The predicted octanol–water partition coefficient (Wildman–Crippen LogP) is 2.41. The largest absolute Gasteiger partial charge is 0.373 e. The van der Waals surface area contributed by atoms with E-state index in [1.54, 1.807) is 0 Å². The molecule has 0 radical (unpaired) electrons. The summed E-state index contributed by atoms with van der Waals surface area (Å²) < 4.78 is 11.3. The summed E-state index contributed by atoms with van der Waals surface area (Å²) in [6.45, 7) is 1.38. The first-order valence-corrected chi connectivity index (χ1v) is 8.35. The molecule has 1 saturated carbocycles. The number of nitrogens with one attached hydrogen (secondary N) is 1. The van der Waals surface area contributed by atoms with Gasteiger partial charge in [0.25, 0.3) is 0 Å². The van der Waals surface area contributed by atoms with E-state index in [-0.39, 0.29) is 24.2 Å². The van der Waals surface area contributed by atoms with E-state index in [0.29, 0.717) is 13.0 Å². The van der Waals surface area contributed by atoms with Crippen LogP contribution in [0.15, 0.2) is 0 Å². The van der Waals surface area contributed by atoms with Crippen molar-refractivity contribution >= 4 is 5.91 Å². The quantitative estimate of drug-likeness (QED) is 0.842. The Bertz CT molecular complexity index is 328. The van der Waals surface area contributed by atoms with Crippen molar-refractivity contribution in [2.45, 2.75) is 76.0 Å². The van der Waals surface area contributed by atoms with Crippen LogP contribution < -0.4 is 5.32 Å². The molecule has 1 amide bonds. The Hall–Kier alpha value is -0.610. The Morgan fingerprint density at radius 2 is 1.95 bits per heavy atom. The summed E-state index contributed by atoms with van der Waals surface area (Å²) in [6.07, 6.45) is 11.1. The lowest BCUT2D eigenvalue weighted by atomic mass is 9.86. The minimum Gasteiger partial charge on any atom is -0.373 e. The monoisotopic (exact) mass is 281 g/mol. The number of amides is 1. The minimum atomic E-state index is 0.0738. The van der Waals surface area contributed by atoms with Crippen molar-refractivity contribution in [1.29, 1.82) is 0 Å². The second-order valence-corrected chi connectivity index (χ2v) is 6.57. The lowest BCUT2D eigenvalue weighted by Crippen LogP contribution is -2.43. The summed E-state index contributed by atoms with van der Waals surface area (Å²) in [5.74, 6) is 1.04. The summed E-state index contributed by atoms with van der Waals surface area (Å²) in [5, 5.41) is 3.10. The lowest BCUT2D eigenvalue weighted by Gasteiger charge is -2.21. The lowest BCUT2D eigenvalue weighted by molar-refractivity contribution is -0.122. The van der Waals surface area contributed by atoms with Crippen molar-refractivity contribution in [3.8, 4) is 0 Å². The molecule has 1 aliphatic carbocycles. The molecule has 2 aliphatic heterocycles. The molecule has 3 fully saturated rings. The first kappa shape index (κ1) is 14.3. The van der Waals surface area contributed by atoms with Gasteiger partial charge in [-0.25, -0.2) is 0 Å². The van der Waals surface area contributed by atoms with Crippen molar-refractivity contribution in [1.82, 2.24) is 5.32 Å². The van der Waals surface area contributed by atoms with E-state index in [2.05, 4.69) is 5.32 Å². The molecule has 0 aromatic rings. The van der Waals surface area contributed by atoms with Gasteiger partial charge >= 0.3 is 0 Å². The first-order valence-electron chi connectivity index (χ1n) is 8.35. The van der Waals surface area contributed by atoms with E-state index >= 15 is 0 Å². The predicted molar refractivity (Wildman–Crippen MR) is 76.5 cm³/mol. The van der Waals surface area contributed by atoms with Crippen molar-refractivity contribution in [3.63, 3.8) is 0 Å². The van der Waals surface area contributed by atoms with Crippen LogP contribution in [0.25, 0.3) is 0 Å². The van der Waals surface area contributed by atoms with Gasteiger partial charge in [0.15, 0.2) is 0 Å². The van der Waals surface area contributed by atoms with Crippen LogP contribution in [0, 0.1) is 5.92 Å². The van der Waals surface area contributed by atoms with E-state index in [1.807, 2.05) is 0 Å². The number of hydrogen-bond acceptors (Lipinski definition) is 3. The van der Waals surface area contributed by atoms with Crippen LogP contribution in [0.5, 0.6) is 0 Å². The Kier molecular flexibility index (Phi) is 4.94. The Balaban J connectivity index is 1.33. The van der Waals surface area contributed by atoms with E-state index < -0.39 is 0 Å². The molecule has 0 bridgehead atoms. The molecule has 0 unspecified atom stereocenters. The van der Waals surface area contributed by atoms with Gasteiger partial charge < -0.3 is 14.8 Å². The van der Waals surface area contributed by atoms with Crippen LogP contribution >= 0.6 is 0 Å². The number of fused-ring (bicyclic) bond motifs is 1. The highest BCUT2D eigenvalue weighted by Crippen LogP contribution is 2.28. The highest BCUT2D eigenvalue weighted by atomic mass is 16.6. The van der Waals surface area contributed by atoms with Crippen molar-refractivity contribution < 1.29 is 14.3 Å². The third kappa shape index (κ3) is 3.53. The summed E-state index contributed by atoms with van der Waals surface area (Å²) in [4.78, 5) is 12.0. The topological polar surface area (TPSA) is 47.6 Å². The van der Waals surface area contributed by atoms with Gasteiger partial charge in [-0.15, -0.1) is 0 Å². The summed E-state index contributed by atoms with van der Waals surface area (Å²) in [7, 11) is 0. The SMILES string of the molecule is O=C(CCCC1CCCCC1)N[C@H]1CO[C@@H]2CCO[C@H]12. The molecule has 2 saturated heterocycles. The summed E-state index contributed by atoms with van der Waals surface area (Å²) in [5.41, 5.74) is 0. The maximum Gasteiger partial charge on any atom is 0.220 e.